The highest BCUT2D eigenvalue weighted by Gasteiger charge is 1.98. The van der Waals surface area contributed by atoms with Crippen molar-refractivity contribution in [3.05, 3.63) is 24.0 Å². The molecule has 1 heterocycles. The van der Waals surface area contributed by atoms with Gasteiger partial charge in [0, 0.05) is 12.3 Å². The molecule has 42 valence electrons. The van der Waals surface area contributed by atoms with Gasteiger partial charge in [-0.05, 0) is 6.08 Å². The number of rotatable bonds is 2. The molecular weight excluding hydrogens is 104 g/mol. The van der Waals surface area contributed by atoms with Crippen molar-refractivity contribution >= 4 is 5.91 Å². The Morgan fingerprint density at radius 3 is 2.88 bits per heavy atom. The summed E-state index contributed by atoms with van der Waals surface area (Å²) in [6.07, 6.45) is 4.72. The average molecular weight is 110 g/mol. The molecule has 0 saturated carbocycles. The second-order valence-electron chi connectivity index (χ2n) is 1.48. The number of nitrogens with two attached hydrogens (primary N) is 1. The van der Waals surface area contributed by atoms with Crippen LogP contribution in [0.4, 0.5) is 0 Å². The number of amides is 1. The van der Waals surface area contributed by atoms with Crippen molar-refractivity contribution in [2.45, 2.75) is 0 Å². The molecule has 0 aromatic heterocycles. The zero-order valence-corrected chi connectivity index (χ0v) is 4.22. The number of allylic oxidation sites excluding steroid dienone is 1. The Labute approximate surface area is 46.9 Å². The van der Waals surface area contributed by atoms with E-state index >= 15 is 0 Å². The molecule has 1 amide bonds. The lowest BCUT2D eigenvalue weighted by molar-refractivity contribution is -0.113. The highest BCUT2D eigenvalue weighted by Crippen LogP contribution is 2.00. The van der Waals surface area contributed by atoms with Gasteiger partial charge in [0.25, 0.3) is 0 Å². The fourth-order valence-corrected chi connectivity index (χ4v) is 0.310. The summed E-state index contributed by atoms with van der Waals surface area (Å²) in [5.41, 5.74) is 5.74. The average Bonchev–Trinajstić information content (AvgIpc) is 2.41. The first-order valence-electron chi connectivity index (χ1n) is 2.23. The van der Waals surface area contributed by atoms with Crippen molar-refractivity contribution in [3.63, 3.8) is 0 Å². The highest BCUT2D eigenvalue weighted by atomic mass is 16.1. The lowest BCUT2D eigenvalue weighted by Gasteiger charge is -1.74. The summed E-state index contributed by atoms with van der Waals surface area (Å²) in [5.74, 6) is -0.417. The lowest BCUT2D eigenvalue weighted by Crippen LogP contribution is -2.05. The number of hydrogen-bond acceptors (Lipinski definition) is 2. The molecule has 1 rings (SSSR count). The molecule has 3 nitrogen and oxygen atoms in total. The molecule has 1 aliphatic rings. The van der Waals surface area contributed by atoms with Crippen LogP contribution in [-0.2, 0) is 4.79 Å². The Kier molecular flexibility index (Phi) is 1.04. The van der Waals surface area contributed by atoms with Crippen LogP contribution < -0.4 is 11.1 Å². The first-order chi connectivity index (χ1) is 3.79. The molecule has 0 unspecified atom stereocenters. The van der Waals surface area contributed by atoms with Crippen LogP contribution in [0, 0.1) is 0 Å². The van der Waals surface area contributed by atoms with E-state index in [1.165, 1.54) is 6.08 Å². The smallest absolute Gasteiger partial charge is 0.241 e. The fraction of sp³-hybridized carbons (Fsp3) is 0. The Bertz CT molecular complexity index is 165. The number of carbonyl (C=O) groups excluding carboxylic acids is 1. The van der Waals surface area contributed by atoms with Crippen molar-refractivity contribution in [2.24, 2.45) is 5.73 Å². The van der Waals surface area contributed by atoms with E-state index in [1.807, 2.05) is 0 Å². The Morgan fingerprint density at radius 2 is 2.50 bits per heavy atom. The van der Waals surface area contributed by atoms with Crippen LogP contribution in [0.25, 0.3) is 0 Å². The fourth-order valence-electron chi connectivity index (χ4n) is 0.310. The number of carbonyl (C=O) groups is 1. The molecule has 0 aromatic carbocycles. The Balaban J connectivity index is 2.34. The summed E-state index contributed by atoms with van der Waals surface area (Å²) in [4.78, 5) is 10.0. The van der Waals surface area contributed by atoms with E-state index in [2.05, 4.69) is 5.32 Å². The van der Waals surface area contributed by atoms with Gasteiger partial charge in [0.15, 0.2) is 0 Å². The van der Waals surface area contributed by atoms with Crippen LogP contribution in [0.2, 0.25) is 0 Å². The first-order valence-corrected chi connectivity index (χ1v) is 2.23. The molecule has 8 heavy (non-hydrogen) atoms. The van der Waals surface area contributed by atoms with Crippen molar-refractivity contribution in [2.75, 3.05) is 0 Å². The number of hydrogen-bond donors (Lipinski definition) is 2. The zero-order chi connectivity index (χ0) is 5.98. The van der Waals surface area contributed by atoms with Crippen LogP contribution >= 0.6 is 0 Å². The molecule has 0 radical (unpaired) electrons. The summed E-state index contributed by atoms with van der Waals surface area (Å²) in [6, 6.07) is 0. The molecule has 0 aromatic rings. The van der Waals surface area contributed by atoms with Gasteiger partial charge >= 0.3 is 0 Å². The second kappa shape index (κ2) is 1.69. The molecule has 0 bridgehead atoms. The van der Waals surface area contributed by atoms with E-state index in [4.69, 9.17) is 5.73 Å². The SMILES string of the molecule is NC(=O)C=CC1=CN1. The Hall–Kier alpha value is -1.25. The third-order valence-electron chi connectivity index (χ3n) is 0.738. The quantitative estimate of drug-likeness (QED) is 0.469. The van der Waals surface area contributed by atoms with Crippen LogP contribution in [0.3, 0.4) is 0 Å². The topological polar surface area (TPSA) is 65.0 Å². The van der Waals surface area contributed by atoms with Crippen LogP contribution in [0.1, 0.15) is 0 Å². The van der Waals surface area contributed by atoms with Gasteiger partial charge in [0.05, 0.1) is 5.70 Å². The predicted octanol–water partition coefficient (Wildman–Crippen LogP) is -0.528. The molecule has 1 aliphatic heterocycles. The van der Waals surface area contributed by atoms with E-state index in [-0.39, 0.29) is 0 Å². The molecule has 3 N–H and O–H groups in total. The van der Waals surface area contributed by atoms with Crippen molar-refractivity contribution < 1.29 is 4.79 Å². The maximum Gasteiger partial charge on any atom is 0.241 e. The van der Waals surface area contributed by atoms with Gasteiger partial charge in [0.2, 0.25) is 5.91 Å². The standard InChI is InChI=1S/C5H6N2O/c6-5(8)2-1-4-3-7-4/h1-3,7H,(H2,6,8). The van der Waals surface area contributed by atoms with Crippen molar-refractivity contribution in [1.82, 2.24) is 5.32 Å². The van der Waals surface area contributed by atoms with Gasteiger partial charge < -0.3 is 11.1 Å². The van der Waals surface area contributed by atoms with Gasteiger partial charge in [-0.2, -0.15) is 0 Å². The van der Waals surface area contributed by atoms with Crippen LogP contribution in [-0.4, -0.2) is 5.91 Å². The highest BCUT2D eigenvalue weighted by molar-refractivity contribution is 5.86. The maximum atomic E-state index is 10.0. The number of nitrogens with one attached hydrogen (secondary N) is 1. The van der Waals surface area contributed by atoms with Crippen LogP contribution in [0.15, 0.2) is 24.0 Å². The molecule has 0 atom stereocenters. The third-order valence-corrected chi connectivity index (χ3v) is 0.738. The van der Waals surface area contributed by atoms with Gasteiger partial charge in [0.1, 0.15) is 0 Å². The van der Waals surface area contributed by atoms with Gasteiger partial charge in [-0.15, -0.1) is 0 Å². The largest absolute Gasteiger partial charge is 0.366 e. The minimum atomic E-state index is -0.417. The molecule has 0 saturated heterocycles. The van der Waals surface area contributed by atoms with Crippen molar-refractivity contribution in [1.29, 1.82) is 0 Å². The van der Waals surface area contributed by atoms with E-state index in [9.17, 15) is 4.79 Å². The van der Waals surface area contributed by atoms with E-state index < -0.39 is 5.91 Å². The summed E-state index contributed by atoms with van der Waals surface area (Å²) >= 11 is 0. The van der Waals surface area contributed by atoms with Crippen molar-refractivity contribution in [3.8, 4) is 0 Å². The summed E-state index contributed by atoms with van der Waals surface area (Å²) < 4.78 is 0. The minimum Gasteiger partial charge on any atom is -0.366 e. The van der Waals surface area contributed by atoms with E-state index in [0.29, 0.717) is 0 Å². The maximum absolute atomic E-state index is 10.0. The summed E-state index contributed by atoms with van der Waals surface area (Å²) in [6.45, 7) is 0. The van der Waals surface area contributed by atoms with Gasteiger partial charge in [-0.1, -0.05) is 0 Å². The molecule has 0 fully saturated rings. The minimum absolute atomic E-state index is 0.417. The van der Waals surface area contributed by atoms with Gasteiger partial charge in [-0.25, -0.2) is 0 Å². The monoisotopic (exact) mass is 110 g/mol. The molecular formula is C5H6N2O. The normalized spacial score (nSPS) is 15.2. The van der Waals surface area contributed by atoms with Crippen LogP contribution in [0.5, 0.6) is 0 Å². The molecule has 3 heteroatoms. The Morgan fingerprint density at radius 1 is 1.88 bits per heavy atom. The second-order valence-corrected chi connectivity index (χ2v) is 1.48. The lowest BCUT2D eigenvalue weighted by atomic mass is 10.4. The number of primary amides is 1. The summed E-state index contributed by atoms with van der Waals surface area (Å²) in [5, 5.41) is 2.79. The predicted molar refractivity (Wildman–Crippen MR) is 29.6 cm³/mol. The molecule has 0 spiro atoms. The summed E-state index contributed by atoms with van der Waals surface area (Å²) in [7, 11) is 0. The third kappa shape index (κ3) is 1.47. The van der Waals surface area contributed by atoms with E-state index in [1.54, 1.807) is 12.3 Å². The molecule has 0 aliphatic carbocycles. The zero-order valence-electron chi connectivity index (χ0n) is 4.22. The van der Waals surface area contributed by atoms with E-state index in [0.717, 1.165) is 5.70 Å². The van der Waals surface area contributed by atoms with Gasteiger partial charge in [-0.3, -0.25) is 4.79 Å². The first kappa shape index (κ1) is 4.90.